The number of nitrogens with zero attached hydrogens (tertiary/aromatic N) is 1. The van der Waals surface area contributed by atoms with Crippen molar-refractivity contribution in [3.8, 4) is 0 Å². The van der Waals surface area contributed by atoms with Gasteiger partial charge in [-0.3, -0.25) is 24.0 Å². The van der Waals surface area contributed by atoms with Crippen molar-refractivity contribution in [1.29, 1.82) is 0 Å². The summed E-state index contributed by atoms with van der Waals surface area (Å²) in [6.07, 6.45) is -10.6. The summed E-state index contributed by atoms with van der Waals surface area (Å²) in [5.74, 6) is -6.97. The molecule has 0 bridgehead atoms. The average molecular weight is 834 g/mol. The third-order valence-corrected chi connectivity index (χ3v) is 8.98. The fraction of sp³-hybridized carbons (Fsp3) is 0.514. The number of piperidine rings is 1. The number of carboxylic acid groups (broad SMARTS) is 1. The second kappa shape index (κ2) is 22.6. The molecule has 15 nitrogen and oxygen atoms in total. The Morgan fingerprint density at radius 2 is 1.24 bits per heavy atom. The summed E-state index contributed by atoms with van der Waals surface area (Å²) < 4.78 is 78.0. The van der Waals surface area contributed by atoms with E-state index in [1.807, 2.05) is 0 Å². The number of nitrogens with one attached hydrogen (secondary N) is 3. The molecule has 1 aliphatic rings. The maximum atomic E-state index is 13.8. The highest BCUT2D eigenvalue weighted by atomic mass is 19.4. The lowest BCUT2D eigenvalue weighted by Gasteiger charge is -2.38. The Hall–Kier alpha value is -5.28. The number of hydrogen-bond acceptors (Lipinski definition) is 10. The Balaban J connectivity index is 0.00000151. The van der Waals surface area contributed by atoms with Gasteiger partial charge >= 0.3 is 24.3 Å². The van der Waals surface area contributed by atoms with Crippen LogP contribution < -0.4 is 33.2 Å². The first-order valence-corrected chi connectivity index (χ1v) is 18.1. The van der Waals surface area contributed by atoms with Crippen LogP contribution in [0.4, 0.5) is 26.3 Å². The minimum atomic E-state index is -5.08. The summed E-state index contributed by atoms with van der Waals surface area (Å²) in [6, 6.07) is 11.5. The zero-order valence-electron chi connectivity index (χ0n) is 31.6. The highest BCUT2D eigenvalue weighted by Gasteiger charge is 2.43. The van der Waals surface area contributed by atoms with Gasteiger partial charge in [0, 0.05) is 19.5 Å². The zero-order valence-corrected chi connectivity index (χ0v) is 31.6. The van der Waals surface area contributed by atoms with Gasteiger partial charge in [-0.1, -0.05) is 60.7 Å². The number of likely N-dealkylation sites (tertiary alicyclic amines) is 1. The van der Waals surface area contributed by atoms with Crippen LogP contribution in [0.15, 0.2) is 60.7 Å². The Bertz CT molecular complexity index is 1660. The summed E-state index contributed by atoms with van der Waals surface area (Å²) in [5, 5.41) is 14.3. The summed E-state index contributed by atoms with van der Waals surface area (Å²) >= 11 is 0. The number of unbranched alkanes of at least 4 members (excludes halogenated alkanes) is 1. The Morgan fingerprint density at radius 3 is 1.71 bits per heavy atom. The maximum absolute atomic E-state index is 13.8. The van der Waals surface area contributed by atoms with Gasteiger partial charge in [-0.25, -0.2) is 4.79 Å². The van der Waals surface area contributed by atoms with E-state index in [4.69, 9.17) is 31.8 Å². The van der Waals surface area contributed by atoms with Crippen LogP contribution in [0, 0.1) is 0 Å². The van der Waals surface area contributed by atoms with E-state index in [1.165, 1.54) is 12.0 Å². The molecule has 58 heavy (non-hydrogen) atoms. The summed E-state index contributed by atoms with van der Waals surface area (Å²) in [6.45, 7) is 0.372. The van der Waals surface area contributed by atoms with E-state index >= 15 is 0 Å². The molecule has 1 fully saturated rings. The van der Waals surface area contributed by atoms with Crippen LogP contribution in [0.3, 0.4) is 0 Å². The monoisotopic (exact) mass is 833 g/mol. The molecule has 21 heteroatoms. The molecule has 3 rings (SSSR count). The number of carbonyl (C=O) groups is 6. The van der Waals surface area contributed by atoms with Crippen molar-refractivity contribution >= 4 is 35.6 Å². The number of nitrogens with two attached hydrogens (primary N) is 3. The van der Waals surface area contributed by atoms with Gasteiger partial charge in [0.15, 0.2) is 0 Å². The quantitative estimate of drug-likeness (QED) is 0.0683. The Morgan fingerprint density at radius 1 is 0.776 bits per heavy atom. The molecule has 0 aromatic heterocycles. The summed E-state index contributed by atoms with van der Waals surface area (Å²) in [5.41, 5.74) is 17.9. The topological polar surface area (TPSA) is 249 Å². The van der Waals surface area contributed by atoms with Crippen molar-refractivity contribution in [2.45, 2.75) is 93.4 Å². The largest absolute Gasteiger partial charge is 0.490 e. The Labute approximate surface area is 330 Å². The number of ether oxygens (including phenoxy) is 1. The second-order valence-corrected chi connectivity index (χ2v) is 13.5. The molecule has 10 N–H and O–H groups in total. The lowest BCUT2D eigenvalue weighted by atomic mass is 9.88. The van der Waals surface area contributed by atoms with Crippen molar-refractivity contribution in [3.05, 3.63) is 71.8 Å². The normalized spacial score (nSPS) is 15.9. The molecule has 1 unspecified atom stereocenters. The third kappa shape index (κ3) is 16.7. The molecule has 0 aliphatic carbocycles. The summed E-state index contributed by atoms with van der Waals surface area (Å²) in [7, 11) is 1.20. The number of benzene rings is 2. The highest BCUT2D eigenvalue weighted by Crippen LogP contribution is 2.24. The minimum Gasteiger partial charge on any atom is -0.475 e. The first-order valence-electron chi connectivity index (χ1n) is 18.1. The number of rotatable bonds is 17. The van der Waals surface area contributed by atoms with Gasteiger partial charge in [-0.15, -0.1) is 0 Å². The Kier molecular flexibility index (Phi) is 19.0. The van der Waals surface area contributed by atoms with Crippen molar-refractivity contribution in [2.24, 2.45) is 17.2 Å². The standard InChI is InChI=1S/C35H48F3N7O6.C2HF3O2/c1-51-33(50)34(41)15-18-45(19-16-34)32(49)26(14-8-9-17-39)42-31(48)28(22-35(36,37)38)44-30(47)27(21-24-12-6-3-7-13-24)43-29(46)25(40)20-23-10-4-2-5-11-23;3-2(4,5)1(6)7/h2-7,10-13,25-28H,8-9,14-22,39-41H2,1H3,(H,42,48)(H,43,46)(H,44,47);(H,6,7)/t25-,26-,27-,28?;/m1./s1. The molecule has 1 aliphatic heterocycles. The second-order valence-electron chi connectivity index (χ2n) is 13.5. The smallest absolute Gasteiger partial charge is 0.475 e. The van der Waals surface area contributed by atoms with Crippen molar-refractivity contribution in [2.75, 3.05) is 26.7 Å². The molecule has 322 valence electrons. The van der Waals surface area contributed by atoms with Crippen molar-refractivity contribution in [1.82, 2.24) is 20.9 Å². The first-order chi connectivity index (χ1) is 27.1. The van der Waals surface area contributed by atoms with E-state index in [-0.39, 0.29) is 51.7 Å². The van der Waals surface area contributed by atoms with Gasteiger partial charge in [0.2, 0.25) is 23.6 Å². The van der Waals surface area contributed by atoms with Crippen LogP contribution in [0.25, 0.3) is 0 Å². The van der Waals surface area contributed by atoms with Crippen molar-refractivity contribution in [3.63, 3.8) is 0 Å². The molecular weight excluding hydrogens is 784 g/mol. The van der Waals surface area contributed by atoms with E-state index in [9.17, 15) is 50.3 Å². The van der Waals surface area contributed by atoms with Gasteiger partial charge < -0.3 is 47.9 Å². The number of alkyl halides is 6. The van der Waals surface area contributed by atoms with Gasteiger partial charge in [-0.05, 0) is 56.2 Å². The van der Waals surface area contributed by atoms with Crippen LogP contribution in [0.1, 0.15) is 49.7 Å². The fourth-order valence-corrected chi connectivity index (χ4v) is 5.79. The number of esters is 1. The van der Waals surface area contributed by atoms with Crippen LogP contribution in [-0.2, 0) is 46.3 Å². The third-order valence-electron chi connectivity index (χ3n) is 8.98. The first kappa shape index (κ1) is 48.9. The molecule has 2 aromatic rings. The minimum absolute atomic E-state index is 0.0453. The molecule has 0 saturated carbocycles. The van der Waals surface area contributed by atoms with E-state index in [0.717, 1.165) is 5.56 Å². The molecule has 1 saturated heterocycles. The molecule has 2 aromatic carbocycles. The lowest BCUT2D eigenvalue weighted by Crippen LogP contribution is -2.61. The highest BCUT2D eigenvalue weighted by molar-refractivity contribution is 5.95. The van der Waals surface area contributed by atoms with Crippen LogP contribution >= 0.6 is 0 Å². The van der Waals surface area contributed by atoms with Crippen molar-refractivity contribution < 1.29 is 65.0 Å². The zero-order chi connectivity index (χ0) is 43.7. The predicted octanol–water partition coefficient (Wildman–Crippen LogP) is 1.46. The fourth-order valence-electron chi connectivity index (χ4n) is 5.79. The number of halogens is 6. The van der Waals surface area contributed by atoms with E-state index in [1.54, 1.807) is 60.7 Å². The van der Waals surface area contributed by atoms with Gasteiger partial charge in [0.25, 0.3) is 0 Å². The van der Waals surface area contributed by atoms with Crippen LogP contribution in [-0.4, -0.2) is 114 Å². The molecule has 4 amide bonds. The maximum Gasteiger partial charge on any atom is 0.490 e. The van der Waals surface area contributed by atoms with E-state index in [0.29, 0.717) is 18.4 Å². The number of methoxy groups -OCH3 is 1. The number of hydrogen-bond donors (Lipinski definition) is 7. The van der Waals surface area contributed by atoms with E-state index < -0.39 is 84.0 Å². The SMILES string of the molecule is COC(=O)C1(N)CCN(C(=O)[C@@H](CCCCN)NC(=O)C(CC(F)(F)F)NC(=O)[C@@H](Cc2ccccc2)NC(=O)[C@H](N)Cc2ccccc2)CC1.O=C(O)C(F)(F)F. The molecule has 4 atom stereocenters. The van der Waals surface area contributed by atoms with Gasteiger partial charge in [0.05, 0.1) is 19.6 Å². The molecule has 1 heterocycles. The number of carbonyl (C=O) groups excluding carboxylic acids is 5. The van der Waals surface area contributed by atoms with Crippen LogP contribution in [0.5, 0.6) is 0 Å². The molecule has 0 radical (unpaired) electrons. The van der Waals surface area contributed by atoms with Gasteiger partial charge in [0.1, 0.15) is 23.7 Å². The lowest BCUT2D eigenvalue weighted by molar-refractivity contribution is -0.192. The molecule has 0 spiro atoms. The number of amides is 4. The van der Waals surface area contributed by atoms with E-state index in [2.05, 4.69) is 16.0 Å². The molecular formula is C37H49F6N7O8. The average Bonchev–Trinajstić information content (AvgIpc) is 3.16. The predicted molar refractivity (Wildman–Crippen MR) is 196 cm³/mol. The van der Waals surface area contributed by atoms with Crippen LogP contribution in [0.2, 0.25) is 0 Å². The van der Waals surface area contributed by atoms with Gasteiger partial charge in [-0.2, -0.15) is 26.3 Å². The number of aliphatic carboxylic acids is 1. The number of carboxylic acids is 1. The summed E-state index contributed by atoms with van der Waals surface area (Å²) in [4.78, 5) is 76.3.